The van der Waals surface area contributed by atoms with Crippen molar-refractivity contribution in [2.24, 2.45) is 5.92 Å². The molecule has 1 aliphatic carbocycles. The van der Waals surface area contributed by atoms with E-state index in [1.807, 2.05) is 43.3 Å². The molecular weight excluding hydrogens is 220 g/mol. The molecule has 0 saturated heterocycles. The molecular formula is C14H15ClO. The van der Waals surface area contributed by atoms with E-state index < -0.39 is 0 Å². The first-order valence-electron chi connectivity index (χ1n) is 5.62. The Labute approximate surface area is 101 Å². The van der Waals surface area contributed by atoms with E-state index in [9.17, 15) is 4.79 Å². The first-order chi connectivity index (χ1) is 7.68. The molecule has 84 valence electrons. The summed E-state index contributed by atoms with van der Waals surface area (Å²) in [6, 6.07) is 9.92. The fraction of sp³-hybridized carbons (Fsp3) is 0.357. The SMILES string of the molecule is CC1CCC(=Cc2ccccc2)C(=O)C1Cl. The molecule has 0 bridgehead atoms. The molecule has 0 radical (unpaired) electrons. The largest absolute Gasteiger partial charge is 0.293 e. The number of alkyl halides is 1. The Bertz CT molecular complexity index is 408. The number of Topliss-reactive ketones (excluding diaryl/α,β-unsaturated/α-hetero) is 1. The summed E-state index contributed by atoms with van der Waals surface area (Å²) in [5.74, 6) is 0.395. The van der Waals surface area contributed by atoms with Gasteiger partial charge in [0, 0.05) is 0 Å². The third-order valence-corrected chi connectivity index (χ3v) is 3.70. The van der Waals surface area contributed by atoms with Gasteiger partial charge in [0.25, 0.3) is 0 Å². The van der Waals surface area contributed by atoms with Crippen LogP contribution in [0.15, 0.2) is 35.9 Å². The molecule has 0 aliphatic heterocycles. The highest BCUT2D eigenvalue weighted by Gasteiger charge is 2.30. The van der Waals surface area contributed by atoms with Crippen LogP contribution < -0.4 is 0 Å². The van der Waals surface area contributed by atoms with Gasteiger partial charge in [-0.15, -0.1) is 11.6 Å². The summed E-state index contributed by atoms with van der Waals surface area (Å²) in [6.07, 6.45) is 3.81. The molecule has 1 aromatic rings. The van der Waals surface area contributed by atoms with Gasteiger partial charge < -0.3 is 0 Å². The Kier molecular flexibility index (Phi) is 3.45. The van der Waals surface area contributed by atoms with Gasteiger partial charge in [0.05, 0.1) is 5.38 Å². The van der Waals surface area contributed by atoms with Gasteiger partial charge in [-0.1, -0.05) is 37.3 Å². The van der Waals surface area contributed by atoms with Crippen molar-refractivity contribution in [3.63, 3.8) is 0 Å². The maximum atomic E-state index is 11.9. The van der Waals surface area contributed by atoms with Crippen LogP contribution in [-0.2, 0) is 4.79 Å². The Morgan fingerprint density at radius 3 is 2.69 bits per heavy atom. The summed E-state index contributed by atoms with van der Waals surface area (Å²) in [5.41, 5.74) is 1.94. The average molecular weight is 235 g/mol. The van der Waals surface area contributed by atoms with Crippen molar-refractivity contribution in [3.05, 3.63) is 41.5 Å². The van der Waals surface area contributed by atoms with Crippen LogP contribution in [0, 0.1) is 5.92 Å². The van der Waals surface area contributed by atoms with Crippen LogP contribution >= 0.6 is 11.6 Å². The number of rotatable bonds is 1. The Morgan fingerprint density at radius 1 is 1.31 bits per heavy atom. The standard InChI is InChI=1S/C14H15ClO/c1-10-7-8-12(14(16)13(10)15)9-11-5-3-2-4-6-11/h2-6,9-10,13H,7-8H2,1H3. The van der Waals surface area contributed by atoms with Crippen molar-refractivity contribution in [3.8, 4) is 0 Å². The van der Waals surface area contributed by atoms with Gasteiger partial charge in [-0.3, -0.25) is 4.79 Å². The minimum absolute atomic E-state index is 0.101. The number of carbonyl (C=O) groups excluding carboxylic acids is 1. The van der Waals surface area contributed by atoms with Gasteiger partial charge in [-0.25, -0.2) is 0 Å². The molecule has 1 saturated carbocycles. The van der Waals surface area contributed by atoms with Gasteiger partial charge in [-0.05, 0) is 36.0 Å². The van der Waals surface area contributed by atoms with Crippen LogP contribution in [0.25, 0.3) is 6.08 Å². The summed E-state index contributed by atoms with van der Waals surface area (Å²) in [6.45, 7) is 2.04. The highest BCUT2D eigenvalue weighted by atomic mass is 35.5. The van der Waals surface area contributed by atoms with Crippen molar-refractivity contribution in [1.82, 2.24) is 0 Å². The van der Waals surface area contributed by atoms with Crippen LogP contribution in [0.4, 0.5) is 0 Å². The Morgan fingerprint density at radius 2 is 2.00 bits per heavy atom. The van der Waals surface area contributed by atoms with E-state index in [-0.39, 0.29) is 11.2 Å². The monoisotopic (exact) mass is 234 g/mol. The number of ketones is 1. The molecule has 0 amide bonds. The number of carbonyl (C=O) groups is 1. The molecule has 2 heteroatoms. The first kappa shape index (κ1) is 11.4. The molecule has 1 fully saturated rings. The van der Waals surface area contributed by atoms with Crippen molar-refractivity contribution >= 4 is 23.5 Å². The van der Waals surface area contributed by atoms with Crippen molar-refractivity contribution in [2.75, 3.05) is 0 Å². The highest BCUT2D eigenvalue weighted by molar-refractivity contribution is 6.34. The second-order valence-corrected chi connectivity index (χ2v) is 4.83. The lowest BCUT2D eigenvalue weighted by molar-refractivity contribution is -0.116. The fourth-order valence-corrected chi connectivity index (χ4v) is 2.25. The summed E-state index contributed by atoms with van der Waals surface area (Å²) >= 11 is 6.09. The summed E-state index contributed by atoms with van der Waals surface area (Å²) in [7, 11) is 0. The first-order valence-corrected chi connectivity index (χ1v) is 6.06. The number of allylic oxidation sites excluding steroid dienone is 1. The molecule has 0 aromatic heterocycles. The minimum atomic E-state index is -0.344. The van der Waals surface area contributed by atoms with E-state index in [2.05, 4.69) is 0 Å². The zero-order valence-electron chi connectivity index (χ0n) is 9.32. The third-order valence-electron chi connectivity index (χ3n) is 3.08. The zero-order valence-corrected chi connectivity index (χ0v) is 10.1. The summed E-state index contributed by atoms with van der Waals surface area (Å²) < 4.78 is 0. The normalized spacial score (nSPS) is 28.4. The molecule has 1 nitrogen and oxygen atoms in total. The molecule has 0 spiro atoms. The van der Waals surface area contributed by atoms with Gasteiger partial charge in [-0.2, -0.15) is 0 Å². The van der Waals surface area contributed by atoms with Gasteiger partial charge in [0.2, 0.25) is 0 Å². The van der Waals surface area contributed by atoms with E-state index in [0.717, 1.165) is 24.0 Å². The Balaban J connectivity index is 2.22. The molecule has 1 aliphatic rings. The van der Waals surface area contributed by atoms with Crippen molar-refractivity contribution in [1.29, 1.82) is 0 Å². The topological polar surface area (TPSA) is 17.1 Å². The predicted octanol–water partition coefficient (Wildman–Crippen LogP) is 3.68. The second-order valence-electron chi connectivity index (χ2n) is 4.36. The third kappa shape index (κ3) is 2.35. The molecule has 2 rings (SSSR count). The highest BCUT2D eigenvalue weighted by Crippen LogP contribution is 2.30. The van der Waals surface area contributed by atoms with Crippen LogP contribution in [0.5, 0.6) is 0 Å². The van der Waals surface area contributed by atoms with Crippen molar-refractivity contribution in [2.45, 2.75) is 25.1 Å². The lowest BCUT2D eigenvalue weighted by atomic mass is 9.85. The molecule has 1 aromatic carbocycles. The van der Waals surface area contributed by atoms with Crippen LogP contribution in [0.1, 0.15) is 25.3 Å². The van der Waals surface area contributed by atoms with Crippen LogP contribution in [-0.4, -0.2) is 11.2 Å². The van der Waals surface area contributed by atoms with Crippen molar-refractivity contribution < 1.29 is 4.79 Å². The van der Waals surface area contributed by atoms with Gasteiger partial charge in [0.15, 0.2) is 5.78 Å². The molecule has 2 atom stereocenters. The predicted molar refractivity (Wildman–Crippen MR) is 67.5 cm³/mol. The fourth-order valence-electron chi connectivity index (χ4n) is 1.98. The van der Waals surface area contributed by atoms with Gasteiger partial charge in [0.1, 0.15) is 0 Å². The van der Waals surface area contributed by atoms with E-state index in [0.29, 0.717) is 5.92 Å². The lowest BCUT2D eigenvalue weighted by Crippen LogP contribution is -2.29. The zero-order chi connectivity index (χ0) is 11.5. The maximum absolute atomic E-state index is 11.9. The maximum Gasteiger partial charge on any atom is 0.176 e. The van der Waals surface area contributed by atoms with Gasteiger partial charge >= 0.3 is 0 Å². The molecule has 16 heavy (non-hydrogen) atoms. The lowest BCUT2D eigenvalue weighted by Gasteiger charge is -2.24. The van der Waals surface area contributed by atoms with Crippen LogP contribution in [0.2, 0.25) is 0 Å². The number of hydrogen-bond acceptors (Lipinski definition) is 1. The number of halogens is 1. The minimum Gasteiger partial charge on any atom is -0.293 e. The molecule has 0 N–H and O–H groups in total. The van der Waals surface area contributed by atoms with E-state index >= 15 is 0 Å². The molecule has 2 unspecified atom stereocenters. The van der Waals surface area contributed by atoms with E-state index in [1.165, 1.54) is 0 Å². The van der Waals surface area contributed by atoms with E-state index in [1.54, 1.807) is 0 Å². The summed E-state index contributed by atoms with van der Waals surface area (Å²) in [5, 5.41) is -0.344. The summed E-state index contributed by atoms with van der Waals surface area (Å²) in [4.78, 5) is 11.9. The number of hydrogen-bond donors (Lipinski definition) is 0. The number of benzene rings is 1. The van der Waals surface area contributed by atoms with E-state index in [4.69, 9.17) is 11.6 Å². The molecule has 0 heterocycles. The van der Waals surface area contributed by atoms with Crippen LogP contribution in [0.3, 0.4) is 0 Å². The second kappa shape index (κ2) is 4.84. The Hall–Kier alpha value is -1.08. The smallest absolute Gasteiger partial charge is 0.176 e. The quantitative estimate of drug-likeness (QED) is 0.535. The average Bonchev–Trinajstić information content (AvgIpc) is 2.31.